The topological polar surface area (TPSA) is 84.1 Å². The third-order valence-electron chi connectivity index (χ3n) is 4.32. The van der Waals surface area contributed by atoms with Gasteiger partial charge >= 0.3 is 5.97 Å². The SMILES string of the molecule is Cc1c(-c2ccc3c(c2)N(C)C(=O)CO3)nc2scc(CC(=O)O)n12. The summed E-state index contributed by atoms with van der Waals surface area (Å²) in [4.78, 5) is 29.9. The smallest absolute Gasteiger partial charge is 0.309 e. The van der Waals surface area contributed by atoms with Crippen molar-refractivity contribution in [3.8, 4) is 17.0 Å². The molecule has 128 valence electrons. The summed E-state index contributed by atoms with van der Waals surface area (Å²) >= 11 is 1.41. The molecule has 3 heterocycles. The van der Waals surface area contributed by atoms with E-state index < -0.39 is 5.97 Å². The molecule has 0 spiro atoms. The van der Waals surface area contributed by atoms with Crippen molar-refractivity contribution in [3.63, 3.8) is 0 Å². The van der Waals surface area contributed by atoms with E-state index in [1.807, 2.05) is 34.9 Å². The van der Waals surface area contributed by atoms with Crippen LogP contribution < -0.4 is 9.64 Å². The molecule has 0 unspecified atom stereocenters. The minimum Gasteiger partial charge on any atom is -0.482 e. The summed E-state index contributed by atoms with van der Waals surface area (Å²) in [6.07, 6.45) is -0.0497. The number of ether oxygens (including phenoxy) is 1. The number of carbonyl (C=O) groups excluding carboxylic acids is 1. The summed E-state index contributed by atoms with van der Waals surface area (Å²) < 4.78 is 7.33. The lowest BCUT2D eigenvalue weighted by atomic mass is 10.1. The lowest BCUT2D eigenvalue weighted by molar-refractivity contribution is -0.136. The van der Waals surface area contributed by atoms with Crippen molar-refractivity contribution in [2.24, 2.45) is 0 Å². The number of carboxylic acid groups (broad SMARTS) is 1. The van der Waals surface area contributed by atoms with E-state index >= 15 is 0 Å². The molecule has 0 aliphatic carbocycles. The van der Waals surface area contributed by atoms with E-state index in [-0.39, 0.29) is 18.9 Å². The lowest BCUT2D eigenvalue weighted by Crippen LogP contribution is -2.35. The number of anilines is 1. The van der Waals surface area contributed by atoms with Gasteiger partial charge in [-0.3, -0.25) is 14.0 Å². The molecule has 0 atom stereocenters. The third kappa shape index (κ3) is 2.45. The molecule has 4 rings (SSSR count). The maximum absolute atomic E-state index is 11.8. The number of aromatic nitrogens is 2. The Kier molecular flexibility index (Phi) is 3.50. The fourth-order valence-corrected chi connectivity index (χ4v) is 3.97. The van der Waals surface area contributed by atoms with Crippen molar-refractivity contribution in [3.05, 3.63) is 35.0 Å². The van der Waals surface area contributed by atoms with Gasteiger partial charge in [0.15, 0.2) is 11.6 Å². The van der Waals surface area contributed by atoms with E-state index in [1.165, 1.54) is 11.3 Å². The zero-order valence-electron chi connectivity index (χ0n) is 13.6. The summed E-state index contributed by atoms with van der Waals surface area (Å²) in [7, 11) is 1.72. The van der Waals surface area contributed by atoms with Crippen molar-refractivity contribution < 1.29 is 19.4 Å². The Labute approximate surface area is 147 Å². The van der Waals surface area contributed by atoms with Crippen molar-refractivity contribution in [2.45, 2.75) is 13.3 Å². The van der Waals surface area contributed by atoms with E-state index in [2.05, 4.69) is 4.98 Å². The molecule has 1 N–H and O–H groups in total. The molecule has 3 aromatic rings. The Morgan fingerprint density at radius 3 is 3.00 bits per heavy atom. The number of likely N-dealkylation sites (N-methyl/N-ethyl adjacent to an activating group) is 1. The van der Waals surface area contributed by atoms with E-state index in [9.17, 15) is 9.59 Å². The number of carbonyl (C=O) groups is 2. The number of imidazole rings is 1. The number of aryl methyl sites for hydroxylation is 1. The number of aliphatic carboxylic acids is 1. The largest absolute Gasteiger partial charge is 0.482 e. The van der Waals surface area contributed by atoms with Crippen molar-refractivity contribution in [1.82, 2.24) is 9.38 Å². The average molecular weight is 357 g/mol. The molecule has 0 bridgehead atoms. The van der Waals surface area contributed by atoms with Crippen LogP contribution in [-0.2, 0) is 16.0 Å². The van der Waals surface area contributed by atoms with Gasteiger partial charge in [-0.15, -0.1) is 11.3 Å². The maximum Gasteiger partial charge on any atom is 0.309 e. The zero-order chi connectivity index (χ0) is 17.7. The molecule has 1 aliphatic rings. The maximum atomic E-state index is 11.8. The summed E-state index contributed by atoms with van der Waals surface area (Å²) in [5.74, 6) is -0.313. The van der Waals surface area contributed by atoms with Gasteiger partial charge in [-0.2, -0.15) is 0 Å². The van der Waals surface area contributed by atoms with Gasteiger partial charge in [-0.1, -0.05) is 0 Å². The number of nitrogens with zero attached hydrogens (tertiary/aromatic N) is 3. The van der Waals surface area contributed by atoms with Crippen LogP contribution in [0.15, 0.2) is 23.6 Å². The second-order valence-electron chi connectivity index (χ2n) is 5.89. The van der Waals surface area contributed by atoms with Crippen LogP contribution >= 0.6 is 11.3 Å². The molecule has 1 aromatic carbocycles. The fraction of sp³-hybridized carbons (Fsp3) is 0.235. The molecular formula is C17H15N3O4S. The number of amides is 1. The Morgan fingerprint density at radius 2 is 2.24 bits per heavy atom. The standard InChI is InChI=1S/C17H15N3O4S/c1-9-16(18-17-20(9)11(8-25-17)6-15(22)23)10-3-4-13-12(5-10)19(2)14(21)7-24-13/h3-5,8H,6-7H2,1-2H3,(H,22,23). The summed E-state index contributed by atoms with van der Waals surface area (Å²) in [6.45, 7) is 1.96. The Bertz CT molecular complexity index is 1020. The van der Waals surface area contributed by atoms with Crippen LogP contribution in [0.5, 0.6) is 5.75 Å². The van der Waals surface area contributed by atoms with Crippen LogP contribution in [-0.4, -0.2) is 40.0 Å². The second-order valence-corrected chi connectivity index (χ2v) is 6.72. The number of thiazole rings is 1. The molecule has 2 aromatic heterocycles. The molecule has 8 heteroatoms. The van der Waals surface area contributed by atoms with Crippen molar-refractivity contribution in [2.75, 3.05) is 18.6 Å². The van der Waals surface area contributed by atoms with Crippen LogP contribution in [0.25, 0.3) is 16.2 Å². The first-order valence-corrected chi connectivity index (χ1v) is 8.54. The highest BCUT2D eigenvalue weighted by Crippen LogP contribution is 2.36. The van der Waals surface area contributed by atoms with E-state index in [4.69, 9.17) is 9.84 Å². The number of fused-ring (bicyclic) bond motifs is 2. The number of hydrogen-bond acceptors (Lipinski definition) is 5. The predicted molar refractivity (Wildman–Crippen MR) is 93.5 cm³/mol. The van der Waals surface area contributed by atoms with Gasteiger partial charge in [0.05, 0.1) is 17.8 Å². The van der Waals surface area contributed by atoms with Gasteiger partial charge < -0.3 is 14.7 Å². The van der Waals surface area contributed by atoms with Gasteiger partial charge in [-0.25, -0.2) is 4.98 Å². The lowest BCUT2D eigenvalue weighted by Gasteiger charge is -2.26. The predicted octanol–water partition coefficient (Wildman–Crippen LogP) is 2.35. The van der Waals surface area contributed by atoms with Crippen LogP contribution in [0.1, 0.15) is 11.4 Å². The van der Waals surface area contributed by atoms with Crippen LogP contribution in [0, 0.1) is 6.92 Å². The molecule has 0 fully saturated rings. The second kappa shape index (κ2) is 5.59. The Morgan fingerprint density at radius 1 is 1.44 bits per heavy atom. The zero-order valence-corrected chi connectivity index (χ0v) is 14.5. The van der Waals surface area contributed by atoms with Gasteiger partial charge in [0.2, 0.25) is 0 Å². The average Bonchev–Trinajstić information content (AvgIpc) is 3.11. The Balaban J connectivity index is 1.83. The highest BCUT2D eigenvalue weighted by molar-refractivity contribution is 7.15. The van der Waals surface area contributed by atoms with Gasteiger partial charge in [0.25, 0.3) is 5.91 Å². The molecule has 0 saturated heterocycles. The normalized spacial score (nSPS) is 13.8. The molecule has 0 radical (unpaired) electrons. The number of benzene rings is 1. The number of hydrogen-bond donors (Lipinski definition) is 1. The van der Waals surface area contributed by atoms with Crippen LogP contribution in [0.3, 0.4) is 0 Å². The minimum absolute atomic E-state index is 0.0423. The fourth-order valence-electron chi connectivity index (χ4n) is 3.04. The Hall–Kier alpha value is -2.87. The van der Waals surface area contributed by atoms with E-state index in [0.717, 1.165) is 21.9 Å². The first kappa shape index (κ1) is 15.6. The third-order valence-corrected chi connectivity index (χ3v) is 5.19. The highest BCUT2D eigenvalue weighted by Gasteiger charge is 2.24. The summed E-state index contributed by atoms with van der Waals surface area (Å²) in [5, 5.41) is 10.9. The first-order chi connectivity index (χ1) is 12.0. The molecule has 1 amide bonds. The van der Waals surface area contributed by atoms with Crippen LogP contribution in [0.2, 0.25) is 0 Å². The molecular weight excluding hydrogens is 342 g/mol. The molecule has 7 nitrogen and oxygen atoms in total. The molecule has 25 heavy (non-hydrogen) atoms. The van der Waals surface area contributed by atoms with Crippen molar-refractivity contribution in [1.29, 1.82) is 0 Å². The summed E-state index contributed by atoms with van der Waals surface area (Å²) in [6, 6.07) is 5.61. The monoisotopic (exact) mass is 357 g/mol. The van der Waals surface area contributed by atoms with Gasteiger partial charge in [0, 0.05) is 29.4 Å². The minimum atomic E-state index is -0.875. The number of rotatable bonds is 3. The summed E-state index contributed by atoms with van der Waals surface area (Å²) in [5.41, 5.74) is 3.91. The quantitative estimate of drug-likeness (QED) is 0.778. The van der Waals surface area contributed by atoms with Gasteiger partial charge in [-0.05, 0) is 25.1 Å². The van der Waals surface area contributed by atoms with Gasteiger partial charge in [0.1, 0.15) is 5.75 Å². The van der Waals surface area contributed by atoms with E-state index in [1.54, 1.807) is 11.9 Å². The number of carboxylic acids is 1. The molecule has 0 saturated carbocycles. The first-order valence-electron chi connectivity index (χ1n) is 7.66. The van der Waals surface area contributed by atoms with Crippen molar-refractivity contribution >= 4 is 33.9 Å². The van der Waals surface area contributed by atoms with Crippen LogP contribution in [0.4, 0.5) is 5.69 Å². The highest BCUT2D eigenvalue weighted by atomic mass is 32.1. The van der Waals surface area contributed by atoms with E-state index in [0.29, 0.717) is 17.1 Å². The molecule has 1 aliphatic heterocycles.